The highest BCUT2D eigenvalue weighted by Gasteiger charge is 2.29. The molecule has 0 bridgehead atoms. The number of fused-ring (bicyclic) bond motifs is 3. The van der Waals surface area contributed by atoms with E-state index in [0.29, 0.717) is 5.56 Å². The Labute approximate surface area is 200 Å². The Hall–Kier alpha value is -3.35. The van der Waals surface area contributed by atoms with Crippen molar-refractivity contribution in [2.75, 3.05) is 31.1 Å². The Morgan fingerprint density at radius 3 is 2.03 bits per heavy atom. The van der Waals surface area contributed by atoms with Crippen LogP contribution in [0.3, 0.4) is 0 Å². The Bertz CT molecular complexity index is 1070. The van der Waals surface area contributed by atoms with Gasteiger partial charge in [0.25, 0.3) is 0 Å². The molecule has 0 aliphatic heterocycles. The first kappa shape index (κ1) is 23.8. The second kappa shape index (κ2) is 10.7. The lowest BCUT2D eigenvalue weighted by molar-refractivity contribution is 0.0185. The van der Waals surface area contributed by atoms with E-state index in [1.165, 1.54) is 0 Å². The smallest absolute Gasteiger partial charge is 0.407 e. The van der Waals surface area contributed by atoms with E-state index in [9.17, 15) is 15.0 Å². The molecule has 2 unspecified atom stereocenters. The highest BCUT2D eigenvalue weighted by atomic mass is 16.5. The molecule has 0 radical (unpaired) electrons. The molecular formula is C28H32N2O4. The molecule has 6 nitrogen and oxygen atoms in total. The van der Waals surface area contributed by atoms with E-state index in [0.717, 1.165) is 41.0 Å². The number of nitrogens with zero attached hydrogens (tertiary/aromatic N) is 1. The first-order valence-corrected chi connectivity index (χ1v) is 11.8. The van der Waals surface area contributed by atoms with Gasteiger partial charge in [0.05, 0.1) is 0 Å². The minimum absolute atomic E-state index is 0.0296. The summed E-state index contributed by atoms with van der Waals surface area (Å²) in [5, 5.41) is 23.5. The summed E-state index contributed by atoms with van der Waals surface area (Å²) in [7, 11) is 0. The van der Waals surface area contributed by atoms with Gasteiger partial charge in [0.15, 0.2) is 0 Å². The van der Waals surface area contributed by atoms with E-state index in [2.05, 4.69) is 48.3 Å². The molecule has 0 saturated carbocycles. The lowest BCUT2D eigenvalue weighted by Gasteiger charge is -2.23. The van der Waals surface area contributed by atoms with Crippen LogP contribution >= 0.6 is 0 Å². The fourth-order valence-corrected chi connectivity index (χ4v) is 4.64. The number of carbonyl (C=O) groups excluding carboxylic acids is 1. The molecule has 3 aromatic rings. The average Bonchev–Trinajstić information content (AvgIpc) is 3.20. The maximum Gasteiger partial charge on any atom is 0.407 e. The van der Waals surface area contributed by atoms with Crippen molar-refractivity contribution in [3.05, 3.63) is 89.5 Å². The molecule has 0 spiro atoms. The van der Waals surface area contributed by atoms with Crippen molar-refractivity contribution >= 4 is 11.8 Å². The van der Waals surface area contributed by atoms with Gasteiger partial charge in [-0.15, -0.1) is 0 Å². The zero-order chi connectivity index (χ0) is 24.1. The molecule has 0 saturated heterocycles. The minimum atomic E-state index is -1.15. The third kappa shape index (κ3) is 4.93. The van der Waals surface area contributed by atoms with Gasteiger partial charge in [-0.05, 0) is 53.8 Å². The lowest BCUT2D eigenvalue weighted by atomic mass is 9.98. The highest BCUT2D eigenvalue weighted by Crippen LogP contribution is 2.44. The standard InChI is InChI=1S/C28H32N2O4/c1-3-30(4-2)20-15-13-19(14-16-20)27(32)26(31)17-29-28(33)34-18-25-23-11-7-5-9-21(23)22-10-6-8-12-24(22)25/h5-16,25-27,31-32H,3-4,17-18H2,1-2H3,(H,29,33). The Balaban J connectivity index is 1.30. The van der Waals surface area contributed by atoms with Crippen molar-refractivity contribution < 1.29 is 19.7 Å². The molecule has 1 aliphatic rings. The van der Waals surface area contributed by atoms with Crippen molar-refractivity contribution in [1.82, 2.24) is 5.32 Å². The molecule has 178 valence electrons. The second-order valence-electron chi connectivity index (χ2n) is 8.48. The Morgan fingerprint density at radius 1 is 0.912 bits per heavy atom. The Morgan fingerprint density at radius 2 is 1.47 bits per heavy atom. The summed E-state index contributed by atoms with van der Waals surface area (Å²) in [5.41, 5.74) is 6.26. The van der Waals surface area contributed by atoms with Crippen LogP contribution in [0.4, 0.5) is 10.5 Å². The van der Waals surface area contributed by atoms with Crippen LogP contribution in [0.2, 0.25) is 0 Å². The fraction of sp³-hybridized carbons (Fsp3) is 0.321. The van der Waals surface area contributed by atoms with Gasteiger partial charge in [-0.2, -0.15) is 0 Å². The van der Waals surface area contributed by atoms with E-state index in [4.69, 9.17) is 4.74 Å². The molecule has 1 amide bonds. The maximum atomic E-state index is 12.3. The number of aliphatic hydroxyl groups excluding tert-OH is 2. The summed E-state index contributed by atoms with van der Waals surface area (Å²) in [6.07, 6.45) is -2.88. The zero-order valence-electron chi connectivity index (χ0n) is 19.6. The number of aliphatic hydroxyl groups is 2. The van der Waals surface area contributed by atoms with E-state index in [1.54, 1.807) is 12.1 Å². The largest absolute Gasteiger partial charge is 0.449 e. The molecule has 4 rings (SSSR count). The molecule has 0 fully saturated rings. The Kier molecular flexibility index (Phi) is 7.50. The van der Waals surface area contributed by atoms with Crippen molar-refractivity contribution in [2.24, 2.45) is 0 Å². The van der Waals surface area contributed by atoms with Crippen LogP contribution in [-0.4, -0.2) is 48.7 Å². The van der Waals surface area contributed by atoms with Gasteiger partial charge < -0.3 is 25.2 Å². The van der Waals surface area contributed by atoms with Crippen LogP contribution in [0.25, 0.3) is 11.1 Å². The monoisotopic (exact) mass is 460 g/mol. The van der Waals surface area contributed by atoms with Gasteiger partial charge in [0.1, 0.15) is 18.8 Å². The van der Waals surface area contributed by atoms with Gasteiger partial charge in [0, 0.05) is 31.2 Å². The van der Waals surface area contributed by atoms with Gasteiger partial charge >= 0.3 is 6.09 Å². The van der Waals surface area contributed by atoms with E-state index >= 15 is 0 Å². The summed E-state index contributed by atoms with van der Waals surface area (Å²) in [6, 6.07) is 23.7. The number of carbonyl (C=O) groups is 1. The van der Waals surface area contributed by atoms with Crippen LogP contribution in [0.1, 0.15) is 42.6 Å². The average molecular weight is 461 g/mol. The van der Waals surface area contributed by atoms with Gasteiger partial charge in [-0.1, -0.05) is 60.7 Å². The number of ether oxygens (including phenoxy) is 1. The van der Waals surface area contributed by atoms with Crippen LogP contribution in [-0.2, 0) is 4.74 Å². The number of nitrogens with one attached hydrogen (secondary N) is 1. The molecular weight excluding hydrogens is 428 g/mol. The number of rotatable bonds is 9. The summed E-state index contributed by atoms with van der Waals surface area (Å²) >= 11 is 0. The predicted octanol–water partition coefficient (Wildman–Crippen LogP) is 4.47. The number of alkyl carbamates (subject to hydrolysis) is 1. The summed E-state index contributed by atoms with van der Waals surface area (Å²) in [6.45, 7) is 6.05. The van der Waals surface area contributed by atoms with Gasteiger partial charge in [-0.25, -0.2) is 4.79 Å². The van der Waals surface area contributed by atoms with E-state index in [1.807, 2.05) is 36.4 Å². The molecule has 3 N–H and O–H groups in total. The molecule has 1 aliphatic carbocycles. The zero-order valence-corrected chi connectivity index (χ0v) is 19.6. The number of amides is 1. The summed E-state index contributed by atoms with van der Waals surface area (Å²) in [4.78, 5) is 14.5. The number of benzene rings is 3. The second-order valence-corrected chi connectivity index (χ2v) is 8.48. The number of anilines is 1. The molecule has 2 atom stereocenters. The minimum Gasteiger partial charge on any atom is -0.449 e. The van der Waals surface area contributed by atoms with Crippen LogP contribution in [0.15, 0.2) is 72.8 Å². The summed E-state index contributed by atoms with van der Waals surface area (Å²) < 4.78 is 5.49. The van der Waals surface area contributed by atoms with Crippen molar-refractivity contribution in [3.63, 3.8) is 0 Å². The van der Waals surface area contributed by atoms with Gasteiger partial charge in [0.2, 0.25) is 0 Å². The number of hydrogen-bond donors (Lipinski definition) is 3. The van der Waals surface area contributed by atoms with Crippen LogP contribution < -0.4 is 10.2 Å². The number of hydrogen-bond acceptors (Lipinski definition) is 5. The first-order chi connectivity index (χ1) is 16.5. The normalized spacial score (nSPS) is 14.1. The third-order valence-electron chi connectivity index (χ3n) is 6.53. The molecule has 0 aromatic heterocycles. The molecule has 0 heterocycles. The van der Waals surface area contributed by atoms with Crippen molar-refractivity contribution in [1.29, 1.82) is 0 Å². The fourth-order valence-electron chi connectivity index (χ4n) is 4.64. The van der Waals surface area contributed by atoms with Crippen LogP contribution in [0.5, 0.6) is 0 Å². The quantitative estimate of drug-likeness (QED) is 0.439. The lowest BCUT2D eigenvalue weighted by Crippen LogP contribution is -2.36. The predicted molar refractivity (Wildman–Crippen MR) is 134 cm³/mol. The topological polar surface area (TPSA) is 82.0 Å². The third-order valence-corrected chi connectivity index (χ3v) is 6.53. The van der Waals surface area contributed by atoms with Gasteiger partial charge in [-0.3, -0.25) is 0 Å². The van der Waals surface area contributed by atoms with E-state index in [-0.39, 0.29) is 19.1 Å². The first-order valence-electron chi connectivity index (χ1n) is 11.8. The molecule has 34 heavy (non-hydrogen) atoms. The summed E-state index contributed by atoms with van der Waals surface area (Å²) in [5.74, 6) is -0.0296. The van der Waals surface area contributed by atoms with Crippen LogP contribution in [0, 0.1) is 0 Å². The maximum absolute atomic E-state index is 12.3. The van der Waals surface area contributed by atoms with E-state index < -0.39 is 18.3 Å². The van der Waals surface area contributed by atoms with Crippen molar-refractivity contribution in [3.8, 4) is 11.1 Å². The molecule has 6 heteroatoms. The SMILES string of the molecule is CCN(CC)c1ccc(C(O)C(O)CNC(=O)OCC2c3ccccc3-c3ccccc32)cc1. The highest BCUT2D eigenvalue weighted by molar-refractivity contribution is 5.79. The van der Waals surface area contributed by atoms with Crippen molar-refractivity contribution in [2.45, 2.75) is 32.0 Å². The molecule has 3 aromatic carbocycles.